The Bertz CT molecular complexity index is 803. The first kappa shape index (κ1) is 14.0. The van der Waals surface area contributed by atoms with Gasteiger partial charge < -0.3 is 10.3 Å². The summed E-state index contributed by atoms with van der Waals surface area (Å²) in [5, 5.41) is 2.56. The van der Waals surface area contributed by atoms with E-state index in [1.54, 1.807) is 17.0 Å². The normalized spacial score (nSPS) is 12.2. The topological polar surface area (TPSA) is 56.7 Å². The van der Waals surface area contributed by atoms with Crippen molar-refractivity contribution in [3.8, 4) is 11.5 Å². The molecule has 0 atom stereocenters. The third kappa shape index (κ3) is 2.40. The molecule has 0 unspecified atom stereocenters. The van der Waals surface area contributed by atoms with Crippen LogP contribution in [-0.2, 0) is 19.8 Å². The van der Waals surface area contributed by atoms with Gasteiger partial charge in [0, 0.05) is 19.0 Å². The van der Waals surface area contributed by atoms with Crippen molar-refractivity contribution in [2.24, 2.45) is 12.8 Å². The van der Waals surface area contributed by atoms with Crippen molar-refractivity contribution in [3.05, 3.63) is 34.2 Å². The molecule has 8 heteroatoms. The number of nitrogens with zero attached hydrogens (tertiary/aromatic N) is 3. The molecule has 0 spiro atoms. The molecular weight excluding hydrogens is 301 g/mol. The predicted octanol–water partition coefficient (Wildman–Crippen LogP) is 3.17. The second-order valence-electron chi connectivity index (χ2n) is 4.53. The van der Waals surface area contributed by atoms with Gasteiger partial charge in [-0.15, -0.1) is 11.3 Å². The Kier molecular flexibility index (Phi) is 3.22. The van der Waals surface area contributed by atoms with Crippen molar-refractivity contribution in [1.29, 1.82) is 0 Å². The number of rotatable bonds is 2. The van der Waals surface area contributed by atoms with Gasteiger partial charge in [0.2, 0.25) is 0 Å². The SMILES string of the molecule is Cn1c(-c2csc(CN)n2)nc2cc(C(F)(F)F)ccc21. The molecule has 0 saturated carbocycles. The Hall–Kier alpha value is -1.93. The minimum Gasteiger partial charge on any atom is -0.326 e. The zero-order chi connectivity index (χ0) is 15.2. The molecule has 0 amide bonds. The summed E-state index contributed by atoms with van der Waals surface area (Å²) in [6.45, 7) is 0.326. The second-order valence-corrected chi connectivity index (χ2v) is 5.47. The lowest BCUT2D eigenvalue weighted by Crippen LogP contribution is -2.04. The molecule has 2 aromatic heterocycles. The second kappa shape index (κ2) is 4.81. The van der Waals surface area contributed by atoms with Crippen molar-refractivity contribution in [3.63, 3.8) is 0 Å². The number of aryl methyl sites for hydroxylation is 1. The minimum atomic E-state index is -4.38. The zero-order valence-corrected chi connectivity index (χ0v) is 11.8. The fourth-order valence-corrected chi connectivity index (χ4v) is 2.77. The van der Waals surface area contributed by atoms with Gasteiger partial charge in [-0.3, -0.25) is 0 Å². The highest BCUT2D eigenvalue weighted by molar-refractivity contribution is 7.09. The van der Waals surface area contributed by atoms with E-state index in [4.69, 9.17) is 5.73 Å². The van der Waals surface area contributed by atoms with Crippen LogP contribution in [0.4, 0.5) is 13.2 Å². The quantitative estimate of drug-likeness (QED) is 0.790. The van der Waals surface area contributed by atoms with Crippen molar-refractivity contribution < 1.29 is 13.2 Å². The summed E-state index contributed by atoms with van der Waals surface area (Å²) in [5.74, 6) is 0.528. The first-order valence-corrected chi connectivity index (χ1v) is 6.96. The molecular formula is C13H11F3N4S. The van der Waals surface area contributed by atoms with E-state index in [1.165, 1.54) is 17.4 Å². The molecule has 0 fully saturated rings. The predicted molar refractivity (Wildman–Crippen MR) is 74.7 cm³/mol. The van der Waals surface area contributed by atoms with Crippen molar-refractivity contribution >= 4 is 22.4 Å². The molecule has 0 aliphatic rings. The number of imidazole rings is 1. The van der Waals surface area contributed by atoms with Crippen LogP contribution in [0.25, 0.3) is 22.6 Å². The summed E-state index contributed by atoms with van der Waals surface area (Å²) >= 11 is 1.40. The number of fused-ring (bicyclic) bond motifs is 1. The molecule has 0 aliphatic heterocycles. The molecule has 110 valence electrons. The van der Waals surface area contributed by atoms with Gasteiger partial charge in [-0.25, -0.2) is 9.97 Å². The van der Waals surface area contributed by atoms with E-state index in [9.17, 15) is 13.2 Å². The Labute approximate surface area is 122 Å². The van der Waals surface area contributed by atoms with Gasteiger partial charge in [0.15, 0.2) is 5.82 Å². The largest absolute Gasteiger partial charge is 0.416 e. The zero-order valence-electron chi connectivity index (χ0n) is 11.0. The van der Waals surface area contributed by atoms with E-state index in [0.717, 1.165) is 17.1 Å². The Morgan fingerprint density at radius 1 is 1.29 bits per heavy atom. The van der Waals surface area contributed by atoms with Gasteiger partial charge in [-0.2, -0.15) is 13.2 Å². The maximum Gasteiger partial charge on any atom is 0.416 e. The third-order valence-corrected chi connectivity index (χ3v) is 4.03. The maximum absolute atomic E-state index is 12.7. The van der Waals surface area contributed by atoms with Crippen LogP contribution in [0.2, 0.25) is 0 Å². The first-order chi connectivity index (χ1) is 9.90. The molecule has 0 saturated heterocycles. The Morgan fingerprint density at radius 2 is 2.05 bits per heavy atom. The molecule has 21 heavy (non-hydrogen) atoms. The van der Waals surface area contributed by atoms with Crippen LogP contribution in [0.1, 0.15) is 10.6 Å². The average Bonchev–Trinajstić information content (AvgIpc) is 3.02. The first-order valence-electron chi connectivity index (χ1n) is 6.08. The highest BCUT2D eigenvalue weighted by Crippen LogP contribution is 2.32. The highest BCUT2D eigenvalue weighted by Gasteiger charge is 2.31. The molecule has 0 bridgehead atoms. The maximum atomic E-state index is 12.7. The Balaban J connectivity index is 2.15. The number of alkyl halides is 3. The smallest absolute Gasteiger partial charge is 0.326 e. The van der Waals surface area contributed by atoms with Gasteiger partial charge in [0.1, 0.15) is 10.7 Å². The number of halogens is 3. The molecule has 0 radical (unpaired) electrons. The molecule has 4 nitrogen and oxygen atoms in total. The molecule has 3 aromatic rings. The Morgan fingerprint density at radius 3 is 2.67 bits per heavy atom. The third-order valence-electron chi connectivity index (χ3n) is 3.16. The van der Waals surface area contributed by atoms with Crippen LogP contribution in [0.15, 0.2) is 23.6 Å². The molecule has 2 heterocycles. The monoisotopic (exact) mass is 312 g/mol. The summed E-state index contributed by atoms with van der Waals surface area (Å²) in [6, 6.07) is 3.53. The fourth-order valence-electron chi connectivity index (χ4n) is 2.11. The number of hydrogen-bond acceptors (Lipinski definition) is 4. The van der Waals surface area contributed by atoms with Crippen LogP contribution in [0, 0.1) is 0 Å². The molecule has 2 N–H and O–H groups in total. The summed E-state index contributed by atoms with van der Waals surface area (Å²) in [6.07, 6.45) is -4.38. The fraction of sp³-hybridized carbons (Fsp3) is 0.231. The van der Waals surface area contributed by atoms with E-state index < -0.39 is 11.7 Å². The average molecular weight is 312 g/mol. The van der Waals surface area contributed by atoms with Crippen LogP contribution >= 0.6 is 11.3 Å². The van der Waals surface area contributed by atoms with E-state index in [1.807, 2.05) is 0 Å². The van der Waals surface area contributed by atoms with Crippen LogP contribution in [0.5, 0.6) is 0 Å². The lowest BCUT2D eigenvalue weighted by molar-refractivity contribution is -0.137. The summed E-state index contributed by atoms with van der Waals surface area (Å²) in [5.41, 5.74) is 6.35. The van der Waals surface area contributed by atoms with Crippen LogP contribution < -0.4 is 5.73 Å². The van der Waals surface area contributed by atoms with Crippen molar-refractivity contribution in [2.75, 3.05) is 0 Å². The standard InChI is InChI=1S/C13H11F3N4S/c1-20-10-3-2-7(13(14,15)16)4-8(10)19-12(20)9-6-21-11(5-17)18-9/h2-4,6H,5,17H2,1H3. The molecule has 0 aliphatic carbocycles. The van der Waals surface area contributed by atoms with Gasteiger partial charge in [-0.05, 0) is 18.2 Å². The number of nitrogens with two attached hydrogens (primary N) is 1. The number of benzene rings is 1. The molecule has 3 rings (SSSR count). The van der Waals surface area contributed by atoms with Gasteiger partial charge in [0.05, 0.1) is 16.6 Å². The van der Waals surface area contributed by atoms with Crippen molar-refractivity contribution in [2.45, 2.75) is 12.7 Å². The molecule has 1 aromatic carbocycles. The van der Waals surface area contributed by atoms with Gasteiger partial charge >= 0.3 is 6.18 Å². The summed E-state index contributed by atoms with van der Waals surface area (Å²) < 4.78 is 39.9. The summed E-state index contributed by atoms with van der Waals surface area (Å²) in [4.78, 5) is 8.58. The van der Waals surface area contributed by atoms with Crippen molar-refractivity contribution in [1.82, 2.24) is 14.5 Å². The van der Waals surface area contributed by atoms with E-state index >= 15 is 0 Å². The van der Waals surface area contributed by atoms with E-state index in [2.05, 4.69) is 9.97 Å². The van der Waals surface area contributed by atoms with Gasteiger partial charge in [-0.1, -0.05) is 0 Å². The number of thiazole rings is 1. The lowest BCUT2D eigenvalue weighted by atomic mass is 10.2. The van der Waals surface area contributed by atoms with E-state index in [-0.39, 0.29) is 0 Å². The van der Waals surface area contributed by atoms with Crippen LogP contribution in [0.3, 0.4) is 0 Å². The highest BCUT2D eigenvalue weighted by atomic mass is 32.1. The number of hydrogen-bond donors (Lipinski definition) is 1. The summed E-state index contributed by atoms with van der Waals surface area (Å²) in [7, 11) is 1.75. The lowest BCUT2D eigenvalue weighted by Gasteiger charge is -2.05. The van der Waals surface area contributed by atoms with Gasteiger partial charge in [0.25, 0.3) is 0 Å². The number of aromatic nitrogens is 3. The van der Waals surface area contributed by atoms with E-state index in [0.29, 0.717) is 29.1 Å². The van der Waals surface area contributed by atoms with Crippen LogP contribution in [-0.4, -0.2) is 14.5 Å². The minimum absolute atomic E-state index is 0.296.